The topological polar surface area (TPSA) is 96.8 Å². The molecule has 1 fully saturated rings. The largest absolute Gasteiger partial charge is 0.336 e. The Morgan fingerprint density at radius 2 is 2.19 bits per heavy atom. The Kier molecular flexibility index (Phi) is 4.72. The molecular formula is C23H26N6O2. The summed E-state index contributed by atoms with van der Waals surface area (Å²) in [5.74, 6) is 0.550. The van der Waals surface area contributed by atoms with Gasteiger partial charge in [0.25, 0.3) is 11.5 Å². The Labute approximate surface area is 180 Å². The molecule has 0 radical (unpaired) electrons. The summed E-state index contributed by atoms with van der Waals surface area (Å²) in [5.41, 5.74) is 3.52. The van der Waals surface area contributed by atoms with Crippen LogP contribution in [0.2, 0.25) is 0 Å². The minimum Gasteiger partial charge on any atom is -0.336 e. The third kappa shape index (κ3) is 3.26. The highest BCUT2D eigenvalue weighted by Crippen LogP contribution is 2.43. The summed E-state index contributed by atoms with van der Waals surface area (Å²) in [7, 11) is 0. The van der Waals surface area contributed by atoms with Crippen LogP contribution in [0.15, 0.2) is 35.4 Å². The second kappa shape index (κ2) is 7.44. The van der Waals surface area contributed by atoms with E-state index in [1.165, 1.54) is 0 Å². The lowest BCUT2D eigenvalue weighted by Gasteiger charge is -2.40. The SMILES string of the molecule is CCn1nc(C)cc1C(=O)N1CCCC2(CCc3c2nc(-c2cccnc2)[nH]c3=O)C1. The molecule has 8 heteroatoms. The Hall–Kier alpha value is -3.29. The van der Waals surface area contributed by atoms with E-state index in [1.807, 2.05) is 36.9 Å². The van der Waals surface area contributed by atoms with Gasteiger partial charge >= 0.3 is 0 Å². The number of nitrogens with zero attached hydrogens (tertiary/aromatic N) is 5. The van der Waals surface area contributed by atoms with Gasteiger partial charge in [-0.2, -0.15) is 5.10 Å². The number of H-pyrrole nitrogens is 1. The summed E-state index contributed by atoms with van der Waals surface area (Å²) in [4.78, 5) is 40.1. The minimum absolute atomic E-state index is 0.00676. The lowest BCUT2D eigenvalue weighted by molar-refractivity contribution is 0.0621. The average molecular weight is 419 g/mol. The number of amides is 1. The molecule has 3 aromatic heterocycles. The van der Waals surface area contributed by atoms with Gasteiger partial charge in [0, 0.05) is 48.6 Å². The monoisotopic (exact) mass is 418 g/mol. The second-order valence-electron chi connectivity index (χ2n) is 8.58. The zero-order valence-corrected chi connectivity index (χ0v) is 17.9. The molecule has 160 valence electrons. The summed E-state index contributed by atoms with van der Waals surface area (Å²) in [5, 5.41) is 4.43. The van der Waals surface area contributed by atoms with E-state index in [2.05, 4.69) is 15.1 Å². The van der Waals surface area contributed by atoms with Crippen LogP contribution >= 0.6 is 0 Å². The number of fused-ring (bicyclic) bond motifs is 2. The number of rotatable bonds is 3. The highest BCUT2D eigenvalue weighted by Gasteiger charge is 2.46. The standard InChI is InChI=1S/C23H26N6O2/c1-3-29-18(12-15(2)27-29)22(31)28-11-5-8-23(14-28)9-7-17-19(23)25-20(26-21(17)30)16-6-4-10-24-13-16/h4,6,10,12-13H,3,5,7-9,11,14H2,1-2H3,(H,25,26,30). The molecule has 31 heavy (non-hydrogen) atoms. The highest BCUT2D eigenvalue weighted by atomic mass is 16.2. The molecule has 1 saturated heterocycles. The van der Waals surface area contributed by atoms with Gasteiger partial charge < -0.3 is 9.88 Å². The van der Waals surface area contributed by atoms with Crippen LogP contribution in [-0.2, 0) is 18.4 Å². The summed E-state index contributed by atoms with van der Waals surface area (Å²) in [6.45, 7) is 5.84. The van der Waals surface area contributed by atoms with Gasteiger partial charge in [-0.15, -0.1) is 0 Å². The highest BCUT2D eigenvalue weighted by molar-refractivity contribution is 5.93. The van der Waals surface area contributed by atoms with Crippen molar-refractivity contribution in [2.24, 2.45) is 0 Å². The molecule has 4 heterocycles. The van der Waals surface area contributed by atoms with Crippen LogP contribution < -0.4 is 5.56 Å². The summed E-state index contributed by atoms with van der Waals surface area (Å²) in [6.07, 6.45) is 6.75. The number of hydrogen-bond donors (Lipinski definition) is 1. The van der Waals surface area contributed by atoms with Gasteiger partial charge in [0.15, 0.2) is 0 Å². The summed E-state index contributed by atoms with van der Waals surface area (Å²) in [6, 6.07) is 5.58. The van der Waals surface area contributed by atoms with E-state index in [9.17, 15) is 9.59 Å². The molecule has 5 rings (SSSR count). The summed E-state index contributed by atoms with van der Waals surface area (Å²) < 4.78 is 1.77. The number of pyridine rings is 1. The predicted octanol–water partition coefficient (Wildman–Crippen LogP) is 2.48. The second-order valence-corrected chi connectivity index (χ2v) is 8.58. The average Bonchev–Trinajstić information content (AvgIpc) is 3.34. The number of aromatic nitrogens is 5. The van der Waals surface area contributed by atoms with E-state index in [1.54, 1.807) is 17.1 Å². The molecule has 1 amide bonds. The Morgan fingerprint density at radius 3 is 2.97 bits per heavy atom. The van der Waals surface area contributed by atoms with Gasteiger partial charge in [0.05, 0.1) is 11.4 Å². The van der Waals surface area contributed by atoms with Gasteiger partial charge in [0.2, 0.25) is 0 Å². The van der Waals surface area contributed by atoms with Crippen molar-refractivity contribution in [3.05, 3.63) is 63.6 Å². The number of carbonyl (C=O) groups is 1. The number of likely N-dealkylation sites (tertiary alicyclic amines) is 1. The van der Waals surface area contributed by atoms with Crippen LogP contribution in [0, 0.1) is 6.92 Å². The molecule has 1 aliphatic heterocycles. The van der Waals surface area contributed by atoms with Gasteiger partial charge in [-0.25, -0.2) is 4.98 Å². The third-order valence-corrected chi connectivity index (χ3v) is 6.59. The molecule has 0 aromatic carbocycles. The lowest BCUT2D eigenvalue weighted by Crippen LogP contribution is -2.48. The quantitative estimate of drug-likeness (QED) is 0.705. The zero-order valence-electron chi connectivity index (χ0n) is 17.9. The zero-order chi connectivity index (χ0) is 21.6. The maximum atomic E-state index is 13.4. The molecule has 3 aromatic rings. The van der Waals surface area contributed by atoms with E-state index < -0.39 is 0 Å². The minimum atomic E-state index is -0.277. The molecule has 8 nitrogen and oxygen atoms in total. The Bertz CT molecular complexity index is 1200. The molecule has 1 atom stereocenters. The first kappa shape index (κ1) is 19.7. The smallest absolute Gasteiger partial charge is 0.272 e. The van der Waals surface area contributed by atoms with Gasteiger partial charge in [-0.1, -0.05) is 0 Å². The third-order valence-electron chi connectivity index (χ3n) is 6.59. The molecular weight excluding hydrogens is 392 g/mol. The maximum absolute atomic E-state index is 13.4. The summed E-state index contributed by atoms with van der Waals surface area (Å²) >= 11 is 0. The first-order chi connectivity index (χ1) is 15.0. The van der Waals surface area contributed by atoms with Crippen molar-refractivity contribution in [1.29, 1.82) is 0 Å². The van der Waals surface area contributed by atoms with Crippen LogP contribution in [-0.4, -0.2) is 48.6 Å². The predicted molar refractivity (Wildman–Crippen MR) is 116 cm³/mol. The van der Waals surface area contributed by atoms with Crippen molar-refractivity contribution in [2.75, 3.05) is 13.1 Å². The van der Waals surface area contributed by atoms with E-state index in [0.29, 0.717) is 37.6 Å². The van der Waals surface area contributed by atoms with Crippen LogP contribution in [0.25, 0.3) is 11.4 Å². The van der Waals surface area contributed by atoms with E-state index in [-0.39, 0.29) is 16.9 Å². The molecule has 0 bridgehead atoms. The molecule has 0 saturated carbocycles. The molecule has 1 unspecified atom stereocenters. The van der Waals surface area contributed by atoms with Gasteiger partial charge in [0.1, 0.15) is 11.5 Å². The Balaban J connectivity index is 1.51. The van der Waals surface area contributed by atoms with Crippen molar-refractivity contribution >= 4 is 5.91 Å². The van der Waals surface area contributed by atoms with Crippen LogP contribution in [0.4, 0.5) is 0 Å². The van der Waals surface area contributed by atoms with Crippen molar-refractivity contribution in [1.82, 2.24) is 29.6 Å². The number of carbonyl (C=O) groups excluding carboxylic acids is 1. The van der Waals surface area contributed by atoms with Crippen molar-refractivity contribution in [3.63, 3.8) is 0 Å². The van der Waals surface area contributed by atoms with Crippen LogP contribution in [0.3, 0.4) is 0 Å². The fraction of sp³-hybridized carbons (Fsp3) is 0.435. The molecule has 2 aliphatic rings. The normalized spacial score (nSPS) is 20.3. The van der Waals surface area contributed by atoms with Gasteiger partial charge in [-0.3, -0.25) is 19.3 Å². The molecule has 1 aliphatic carbocycles. The Morgan fingerprint density at radius 1 is 1.32 bits per heavy atom. The number of hydrogen-bond acceptors (Lipinski definition) is 5. The number of aryl methyl sites for hydroxylation is 2. The van der Waals surface area contributed by atoms with Crippen molar-refractivity contribution in [3.8, 4) is 11.4 Å². The van der Waals surface area contributed by atoms with E-state index in [0.717, 1.165) is 41.8 Å². The van der Waals surface area contributed by atoms with Crippen molar-refractivity contribution in [2.45, 2.75) is 51.5 Å². The van der Waals surface area contributed by atoms with Gasteiger partial charge in [-0.05, 0) is 57.7 Å². The lowest BCUT2D eigenvalue weighted by atomic mass is 9.77. The van der Waals surface area contributed by atoms with Crippen molar-refractivity contribution < 1.29 is 4.79 Å². The first-order valence-corrected chi connectivity index (χ1v) is 10.9. The molecule has 1 N–H and O–H groups in total. The van der Waals surface area contributed by atoms with E-state index in [4.69, 9.17) is 4.98 Å². The number of nitrogens with one attached hydrogen (secondary N) is 1. The fourth-order valence-electron chi connectivity index (χ4n) is 5.11. The molecule has 1 spiro atoms. The van der Waals surface area contributed by atoms with Crippen LogP contribution in [0.1, 0.15) is 53.6 Å². The number of piperidine rings is 1. The van der Waals surface area contributed by atoms with E-state index >= 15 is 0 Å². The fourth-order valence-corrected chi connectivity index (χ4v) is 5.11. The number of aromatic amines is 1. The maximum Gasteiger partial charge on any atom is 0.272 e. The first-order valence-electron chi connectivity index (χ1n) is 10.9. The van der Waals surface area contributed by atoms with Crippen LogP contribution in [0.5, 0.6) is 0 Å².